The first-order valence-electron chi connectivity index (χ1n) is 5.87. The Hall–Kier alpha value is -0.900. The van der Waals surface area contributed by atoms with Gasteiger partial charge in [0, 0.05) is 6.54 Å². The van der Waals surface area contributed by atoms with Crippen LogP contribution in [0.2, 0.25) is 0 Å². The van der Waals surface area contributed by atoms with Gasteiger partial charge in [0.05, 0.1) is 25.9 Å². The maximum Gasteiger partial charge on any atom is 0.0955 e. The molecule has 1 N–H and O–H groups in total. The number of likely N-dealkylation sites (N-methyl/N-ethyl adjacent to an activating group) is 1. The molecule has 2 heterocycles. The van der Waals surface area contributed by atoms with Crippen LogP contribution >= 0.6 is 0 Å². The van der Waals surface area contributed by atoms with Crippen molar-refractivity contribution in [1.29, 1.82) is 0 Å². The van der Waals surface area contributed by atoms with Gasteiger partial charge in [-0.05, 0) is 35.7 Å². The Morgan fingerprint density at radius 2 is 2.19 bits per heavy atom. The number of benzene rings is 1. The Balaban J connectivity index is 2.06. The molecule has 16 heavy (non-hydrogen) atoms. The molecule has 0 bridgehead atoms. The summed E-state index contributed by atoms with van der Waals surface area (Å²) in [5, 5.41) is 3.20. The van der Waals surface area contributed by atoms with Crippen LogP contribution in [0.25, 0.3) is 0 Å². The zero-order valence-electron chi connectivity index (χ0n) is 9.58. The van der Waals surface area contributed by atoms with Crippen molar-refractivity contribution in [2.45, 2.75) is 25.7 Å². The Morgan fingerprint density at radius 3 is 3.06 bits per heavy atom. The van der Waals surface area contributed by atoms with Gasteiger partial charge in [-0.25, -0.2) is 0 Å². The molecule has 0 unspecified atom stereocenters. The topological polar surface area (TPSA) is 30.5 Å². The molecule has 0 fully saturated rings. The molecule has 1 atom stereocenters. The standard InChI is InChI=1S/C13H17NO2/c1-14-6-12-13-9(4-5-16-12)2-3-10-7-15-8-11(10)13/h2-3,12,14H,4-8H2,1H3/t12-/m1/s1. The maximum absolute atomic E-state index is 5.85. The third-order valence-electron chi connectivity index (χ3n) is 3.45. The summed E-state index contributed by atoms with van der Waals surface area (Å²) in [5.41, 5.74) is 5.54. The van der Waals surface area contributed by atoms with Crippen LogP contribution in [0, 0.1) is 0 Å². The fourth-order valence-corrected chi connectivity index (χ4v) is 2.69. The van der Waals surface area contributed by atoms with E-state index >= 15 is 0 Å². The molecule has 3 nitrogen and oxygen atoms in total. The fraction of sp³-hybridized carbons (Fsp3) is 0.538. The molecule has 0 spiro atoms. The normalized spacial score (nSPS) is 22.9. The van der Waals surface area contributed by atoms with Crippen LogP contribution in [-0.2, 0) is 29.1 Å². The summed E-state index contributed by atoms with van der Waals surface area (Å²) in [6, 6.07) is 4.46. The van der Waals surface area contributed by atoms with Gasteiger partial charge in [0.2, 0.25) is 0 Å². The van der Waals surface area contributed by atoms with Crippen molar-refractivity contribution in [2.24, 2.45) is 0 Å². The number of rotatable bonds is 2. The SMILES string of the molecule is CNC[C@H]1OCCc2ccc3c(c21)COC3. The van der Waals surface area contributed by atoms with Gasteiger partial charge in [0.1, 0.15) is 0 Å². The second kappa shape index (κ2) is 4.17. The highest BCUT2D eigenvalue weighted by atomic mass is 16.5. The minimum atomic E-state index is 0.199. The van der Waals surface area contributed by atoms with Crippen LogP contribution in [0.15, 0.2) is 12.1 Å². The van der Waals surface area contributed by atoms with Gasteiger partial charge < -0.3 is 14.8 Å². The molecular formula is C13H17NO2. The third-order valence-corrected chi connectivity index (χ3v) is 3.45. The molecule has 2 aliphatic rings. The molecule has 0 aromatic heterocycles. The molecule has 3 heteroatoms. The second-order valence-corrected chi connectivity index (χ2v) is 4.44. The Labute approximate surface area is 95.8 Å². The Morgan fingerprint density at radius 1 is 1.31 bits per heavy atom. The quantitative estimate of drug-likeness (QED) is 0.818. The molecule has 1 aromatic carbocycles. The van der Waals surface area contributed by atoms with Crippen LogP contribution in [0.4, 0.5) is 0 Å². The summed E-state index contributed by atoms with van der Waals surface area (Å²) >= 11 is 0. The molecule has 0 saturated heterocycles. The van der Waals surface area contributed by atoms with Crippen molar-refractivity contribution in [3.05, 3.63) is 34.4 Å². The molecular weight excluding hydrogens is 202 g/mol. The first kappa shape index (κ1) is 10.3. The average Bonchev–Trinajstić information content (AvgIpc) is 2.77. The van der Waals surface area contributed by atoms with Crippen molar-refractivity contribution >= 4 is 0 Å². The van der Waals surface area contributed by atoms with E-state index < -0.39 is 0 Å². The van der Waals surface area contributed by atoms with Crippen molar-refractivity contribution in [3.8, 4) is 0 Å². The highest BCUT2D eigenvalue weighted by Crippen LogP contribution is 2.35. The van der Waals surface area contributed by atoms with E-state index in [1.807, 2.05) is 7.05 Å². The monoisotopic (exact) mass is 219 g/mol. The summed E-state index contributed by atoms with van der Waals surface area (Å²) in [6.45, 7) is 3.22. The van der Waals surface area contributed by atoms with Gasteiger partial charge in [0.25, 0.3) is 0 Å². The van der Waals surface area contributed by atoms with Crippen molar-refractivity contribution < 1.29 is 9.47 Å². The first-order valence-corrected chi connectivity index (χ1v) is 5.87. The lowest BCUT2D eigenvalue weighted by molar-refractivity contribution is 0.0421. The van der Waals surface area contributed by atoms with E-state index in [9.17, 15) is 0 Å². The lowest BCUT2D eigenvalue weighted by Crippen LogP contribution is -2.26. The number of hydrogen-bond donors (Lipinski definition) is 1. The number of ether oxygens (including phenoxy) is 2. The molecule has 0 radical (unpaired) electrons. The van der Waals surface area contributed by atoms with E-state index in [1.54, 1.807) is 0 Å². The van der Waals surface area contributed by atoms with Gasteiger partial charge in [-0.2, -0.15) is 0 Å². The molecule has 1 aromatic rings. The van der Waals surface area contributed by atoms with E-state index in [2.05, 4.69) is 17.4 Å². The molecule has 0 saturated carbocycles. The van der Waals surface area contributed by atoms with E-state index in [0.717, 1.165) is 32.8 Å². The van der Waals surface area contributed by atoms with Gasteiger partial charge in [-0.15, -0.1) is 0 Å². The van der Waals surface area contributed by atoms with Crippen molar-refractivity contribution in [2.75, 3.05) is 20.2 Å². The Bertz CT molecular complexity index is 403. The molecule has 0 amide bonds. The lowest BCUT2D eigenvalue weighted by atomic mass is 9.90. The highest BCUT2D eigenvalue weighted by molar-refractivity contribution is 5.44. The molecule has 0 aliphatic carbocycles. The largest absolute Gasteiger partial charge is 0.372 e. The molecule has 86 valence electrons. The van der Waals surface area contributed by atoms with Crippen molar-refractivity contribution in [1.82, 2.24) is 5.32 Å². The van der Waals surface area contributed by atoms with Crippen LogP contribution in [0.5, 0.6) is 0 Å². The average molecular weight is 219 g/mol. The van der Waals surface area contributed by atoms with Gasteiger partial charge in [-0.3, -0.25) is 0 Å². The lowest BCUT2D eigenvalue weighted by Gasteiger charge is -2.28. The van der Waals surface area contributed by atoms with E-state index in [4.69, 9.17) is 9.47 Å². The maximum atomic E-state index is 5.85. The predicted octanol–water partition coefficient (Wildman–Crippen LogP) is 1.55. The summed E-state index contributed by atoms with van der Waals surface area (Å²) in [4.78, 5) is 0. The number of hydrogen-bond acceptors (Lipinski definition) is 3. The fourth-order valence-electron chi connectivity index (χ4n) is 2.69. The minimum Gasteiger partial charge on any atom is -0.372 e. The van der Waals surface area contributed by atoms with Gasteiger partial charge in [-0.1, -0.05) is 12.1 Å². The molecule has 3 rings (SSSR count). The van der Waals surface area contributed by atoms with Gasteiger partial charge >= 0.3 is 0 Å². The van der Waals surface area contributed by atoms with Crippen LogP contribution in [0.3, 0.4) is 0 Å². The zero-order valence-corrected chi connectivity index (χ0v) is 9.58. The third kappa shape index (κ3) is 1.56. The smallest absolute Gasteiger partial charge is 0.0955 e. The predicted molar refractivity (Wildman–Crippen MR) is 61.3 cm³/mol. The molecule has 2 aliphatic heterocycles. The number of nitrogens with one attached hydrogen (secondary N) is 1. The van der Waals surface area contributed by atoms with E-state index in [1.165, 1.54) is 22.3 Å². The minimum absolute atomic E-state index is 0.199. The van der Waals surface area contributed by atoms with Crippen molar-refractivity contribution in [3.63, 3.8) is 0 Å². The van der Waals surface area contributed by atoms with Crippen LogP contribution < -0.4 is 5.32 Å². The van der Waals surface area contributed by atoms with Crippen LogP contribution in [0.1, 0.15) is 28.4 Å². The second-order valence-electron chi connectivity index (χ2n) is 4.44. The summed E-state index contributed by atoms with van der Waals surface area (Å²) in [6.07, 6.45) is 1.23. The summed E-state index contributed by atoms with van der Waals surface area (Å²) in [5.74, 6) is 0. The first-order chi connectivity index (χ1) is 7.90. The van der Waals surface area contributed by atoms with Crippen LogP contribution in [-0.4, -0.2) is 20.2 Å². The summed E-state index contributed by atoms with van der Waals surface area (Å²) < 4.78 is 11.4. The van der Waals surface area contributed by atoms with E-state index in [-0.39, 0.29) is 6.10 Å². The zero-order chi connectivity index (χ0) is 11.0. The number of fused-ring (bicyclic) bond motifs is 3. The van der Waals surface area contributed by atoms with E-state index in [0.29, 0.717) is 0 Å². The van der Waals surface area contributed by atoms with Gasteiger partial charge in [0.15, 0.2) is 0 Å². The highest BCUT2D eigenvalue weighted by Gasteiger charge is 2.27. The Kier molecular flexibility index (Phi) is 2.67. The summed E-state index contributed by atoms with van der Waals surface area (Å²) in [7, 11) is 1.97.